The second kappa shape index (κ2) is 8.10. The van der Waals surface area contributed by atoms with Gasteiger partial charge in [0.15, 0.2) is 11.5 Å². The lowest BCUT2D eigenvalue weighted by atomic mass is 10.1. The zero-order valence-corrected chi connectivity index (χ0v) is 16.9. The smallest absolute Gasteiger partial charge is 0.277 e. The molecule has 10 heteroatoms. The van der Waals surface area contributed by atoms with Crippen LogP contribution in [0.15, 0.2) is 53.6 Å². The number of hydrogen-bond donors (Lipinski definition) is 1. The van der Waals surface area contributed by atoms with Crippen molar-refractivity contribution >= 4 is 34.8 Å². The number of aryl methyl sites for hydroxylation is 1. The van der Waals surface area contributed by atoms with E-state index in [2.05, 4.69) is 20.7 Å². The van der Waals surface area contributed by atoms with E-state index in [1.165, 1.54) is 6.07 Å². The Morgan fingerprint density at radius 1 is 1.14 bits per heavy atom. The van der Waals surface area contributed by atoms with E-state index in [4.69, 9.17) is 27.7 Å². The highest BCUT2D eigenvalue weighted by molar-refractivity contribution is 6.36. The maximum Gasteiger partial charge on any atom is 0.277 e. The Bertz CT molecular complexity index is 1160. The van der Waals surface area contributed by atoms with E-state index in [1.54, 1.807) is 41.5 Å². The number of nitrogens with one attached hydrogen (secondary N) is 1. The van der Waals surface area contributed by atoms with Gasteiger partial charge in [-0.3, -0.25) is 14.2 Å². The Morgan fingerprint density at radius 3 is 2.72 bits per heavy atom. The third-order valence-corrected chi connectivity index (χ3v) is 4.73. The van der Waals surface area contributed by atoms with Crippen molar-refractivity contribution in [1.82, 2.24) is 24.7 Å². The first kappa shape index (κ1) is 19.2. The molecule has 0 saturated carbocycles. The molecule has 0 aliphatic rings. The molecule has 4 aromatic rings. The molecule has 0 saturated heterocycles. The molecule has 0 radical (unpaired) electrons. The number of carbonyl (C=O) groups excluding carboxylic acids is 1. The highest BCUT2D eigenvalue weighted by Crippen LogP contribution is 2.30. The molecule has 0 aliphatic carbocycles. The van der Waals surface area contributed by atoms with Gasteiger partial charge in [0.25, 0.3) is 5.91 Å². The minimum absolute atomic E-state index is 0.128. The van der Waals surface area contributed by atoms with E-state index in [0.29, 0.717) is 33.6 Å². The summed E-state index contributed by atoms with van der Waals surface area (Å²) in [5.74, 6) is -0.0381. The Hall–Kier alpha value is -3.10. The van der Waals surface area contributed by atoms with Gasteiger partial charge in [-0.05, 0) is 25.1 Å². The lowest BCUT2D eigenvalue weighted by molar-refractivity contribution is 0.101. The van der Waals surface area contributed by atoms with E-state index in [-0.39, 0.29) is 5.69 Å². The average molecular weight is 431 g/mol. The van der Waals surface area contributed by atoms with Crippen LogP contribution in [0.25, 0.3) is 11.3 Å². The van der Waals surface area contributed by atoms with Gasteiger partial charge in [-0.25, -0.2) is 0 Å². The number of rotatable bonds is 6. The van der Waals surface area contributed by atoms with Gasteiger partial charge in [0.1, 0.15) is 0 Å². The molecule has 0 bridgehead atoms. The van der Waals surface area contributed by atoms with Crippen LogP contribution in [0.1, 0.15) is 23.0 Å². The molecular formula is C19H16Cl2N6O2. The van der Waals surface area contributed by atoms with Crippen molar-refractivity contribution in [2.24, 2.45) is 0 Å². The molecule has 0 atom stereocenters. The molecule has 0 unspecified atom stereocenters. The molecule has 8 nitrogen and oxygen atoms in total. The Balaban J connectivity index is 1.43. The van der Waals surface area contributed by atoms with Gasteiger partial charge in [-0.1, -0.05) is 28.4 Å². The van der Waals surface area contributed by atoms with Crippen LogP contribution < -0.4 is 5.32 Å². The predicted molar refractivity (Wildman–Crippen MR) is 109 cm³/mol. The van der Waals surface area contributed by atoms with E-state index >= 15 is 0 Å². The highest BCUT2D eigenvalue weighted by Gasteiger charge is 2.16. The van der Waals surface area contributed by atoms with Crippen molar-refractivity contribution < 1.29 is 9.32 Å². The van der Waals surface area contributed by atoms with Gasteiger partial charge in [0, 0.05) is 41.2 Å². The van der Waals surface area contributed by atoms with Gasteiger partial charge >= 0.3 is 0 Å². The molecular weight excluding hydrogens is 415 g/mol. The molecule has 0 spiro atoms. The average Bonchev–Trinajstić information content (AvgIpc) is 3.43. The van der Waals surface area contributed by atoms with Gasteiger partial charge < -0.3 is 9.84 Å². The summed E-state index contributed by atoms with van der Waals surface area (Å²) in [6, 6.07) is 6.51. The maximum absolute atomic E-state index is 12.5. The van der Waals surface area contributed by atoms with Crippen molar-refractivity contribution in [1.29, 1.82) is 0 Å². The standard InChI is InChI=1S/C19H16Cl2N6O2/c1-2-26-9-12(7-22-26)10-27-11-14(8-23-27)24-19(28)17-6-18(29-25-17)15-4-3-13(20)5-16(15)21/h3-9,11H,2,10H2,1H3,(H,24,28). The van der Waals surface area contributed by atoms with E-state index in [9.17, 15) is 4.79 Å². The van der Waals surface area contributed by atoms with E-state index in [0.717, 1.165) is 12.1 Å². The minimum Gasteiger partial charge on any atom is -0.355 e. The zero-order chi connectivity index (χ0) is 20.4. The molecule has 1 amide bonds. The van der Waals surface area contributed by atoms with E-state index in [1.807, 2.05) is 17.8 Å². The number of amides is 1. The normalized spacial score (nSPS) is 11.0. The Morgan fingerprint density at radius 2 is 1.97 bits per heavy atom. The number of anilines is 1. The van der Waals surface area contributed by atoms with Crippen molar-refractivity contribution in [3.8, 4) is 11.3 Å². The van der Waals surface area contributed by atoms with Gasteiger partial charge in [0.2, 0.25) is 0 Å². The molecule has 148 valence electrons. The summed E-state index contributed by atoms with van der Waals surface area (Å²) in [5.41, 5.74) is 2.30. The van der Waals surface area contributed by atoms with Crippen LogP contribution in [0.3, 0.4) is 0 Å². The van der Waals surface area contributed by atoms with Crippen LogP contribution in [-0.4, -0.2) is 30.6 Å². The summed E-state index contributed by atoms with van der Waals surface area (Å²) >= 11 is 12.1. The van der Waals surface area contributed by atoms with Crippen molar-refractivity contribution in [2.45, 2.75) is 20.0 Å². The minimum atomic E-state index is -0.413. The molecule has 4 rings (SSSR count). The summed E-state index contributed by atoms with van der Waals surface area (Å²) in [6.07, 6.45) is 7.05. The van der Waals surface area contributed by atoms with Crippen LogP contribution in [-0.2, 0) is 13.1 Å². The first-order valence-electron chi connectivity index (χ1n) is 8.79. The summed E-state index contributed by atoms with van der Waals surface area (Å²) in [4.78, 5) is 12.5. The fourth-order valence-electron chi connectivity index (χ4n) is 2.76. The van der Waals surface area contributed by atoms with Crippen molar-refractivity contribution in [3.63, 3.8) is 0 Å². The molecule has 1 N–H and O–H groups in total. The monoisotopic (exact) mass is 430 g/mol. The molecule has 1 aromatic carbocycles. The highest BCUT2D eigenvalue weighted by atomic mass is 35.5. The fourth-order valence-corrected chi connectivity index (χ4v) is 3.26. The summed E-state index contributed by atoms with van der Waals surface area (Å²) in [5, 5.41) is 16.0. The molecule has 3 heterocycles. The van der Waals surface area contributed by atoms with Gasteiger partial charge in [0.05, 0.1) is 29.6 Å². The lowest BCUT2D eigenvalue weighted by Gasteiger charge is -1.99. The molecule has 3 aromatic heterocycles. The summed E-state index contributed by atoms with van der Waals surface area (Å²) in [6.45, 7) is 3.38. The van der Waals surface area contributed by atoms with Gasteiger partial charge in [-0.2, -0.15) is 10.2 Å². The zero-order valence-electron chi connectivity index (χ0n) is 15.3. The van der Waals surface area contributed by atoms with Crippen LogP contribution >= 0.6 is 23.2 Å². The SMILES string of the molecule is CCn1cc(Cn2cc(NC(=O)c3cc(-c4ccc(Cl)cc4Cl)on3)cn2)cn1. The third-order valence-electron chi connectivity index (χ3n) is 4.19. The molecule has 0 aliphatic heterocycles. The number of aromatic nitrogens is 5. The maximum atomic E-state index is 12.5. The largest absolute Gasteiger partial charge is 0.355 e. The Labute approximate surface area is 176 Å². The second-order valence-electron chi connectivity index (χ2n) is 6.29. The second-order valence-corrected chi connectivity index (χ2v) is 7.13. The lowest BCUT2D eigenvalue weighted by Crippen LogP contribution is -2.11. The first-order chi connectivity index (χ1) is 14.0. The topological polar surface area (TPSA) is 90.8 Å². The third kappa shape index (κ3) is 4.33. The summed E-state index contributed by atoms with van der Waals surface area (Å²) < 4.78 is 8.82. The van der Waals surface area contributed by atoms with Crippen LogP contribution in [0.4, 0.5) is 5.69 Å². The quantitative estimate of drug-likeness (QED) is 0.490. The van der Waals surface area contributed by atoms with Gasteiger partial charge in [-0.15, -0.1) is 0 Å². The van der Waals surface area contributed by atoms with Crippen LogP contribution in [0.5, 0.6) is 0 Å². The van der Waals surface area contributed by atoms with Crippen molar-refractivity contribution in [2.75, 3.05) is 5.32 Å². The molecule has 29 heavy (non-hydrogen) atoms. The van der Waals surface area contributed by atoms with E-state index < -0.39 is 5.91 Å². The van der Waals surface area contributed by atoms with Crippen LogP contribution in [0, 0.1) is 0 Å². The number of benzene rings is 1. The number of halogens is 2. The van der Waals surface area contributed by atoms with Crippen LogP contribution in [0.2, 0.25) is 10.0 Å². The first-order valence-corrected chi connectivity index (χ1v) is 9.54. The summed E-state index contributed by atoms with van der Waals surface area (Å²) in [7, 11) is 0. The predicted octanol–water partition coefficient (Wildman–Crippen LogP) is 4.36. The number of hydrogen-bond acceptors (Lipinski definition) is 5. The Kier molecular flexibility index (Phi) is 5.37. The molecule has 0 fully saturated rings. The number of nitrogens with zero attached hydrogens (tertiary/aromatic N) is 5. The fraction of sp³-hybridized carbons (Fsp3) is 0.158. The number of carbonyl (C=O) groups is 1. The van der Waals surface area contributed by atoms with Crippen molar-refractivity contribution in [3.05, 3.63) is 70.4 Å².